The van der Waals surface area contributed by atoms with Gasteiger partial charge in [-0.2, -0.15) is 0 Å². The Kier molecular flexibility index (Phi) is 3.53. The zero-order chi connectivity index (χ0) is 13.3. The van der Waals surface area contributed by atoms with Crippen molar-refractivity contribution in [2.45, 2.75) is 40.3 Å². The quantitative estimate of drug-likeness (QED) is 0.900. The highest BCUT2D eigenvalue weighted by Crippen LogP contribution is 2.15. The summed E-state index contributed by atoms with van der Waals surface area (Å²) < 4.78 is 2.17. The highest BCUT2D eigenvalue weighted by Gasteiger charge is 2.09. The van der Waals surface area contributed by atoms with Crippen molar-refractivity contribution < 1.29 is 0 Å². The molecule has 2 N–H and O–H groups in total. The summed E-state index contributed by atoms with van der Waals surface area (Å²) in [6.07, 6.45) is 2.06. The lowest BCUT2D eigenvalue weighted by atomic mass is 10.1. The van der Waals surface area contributed by atoms with Gasteiger partial charge in [0.15, 0.2) is 0 Å². The zero-order valence-corrected chi connectivity index (χ0v) is 11.6. The minimum Gasteiger partial charge on any atom is -0.330 e. The van der Waals surface area contributed by atoms with Gasteiger partial charge in [0.1, 0.15) is 5.82 Å². The second-order valence-electron chi connectivity index (χ2n) is 5.06. The maximum absolute atomic E-state index is 5.87. The molecule has 0 spiro atoms. The molecule has 0 fully saturated rings. The second kappa shape index (κ2) is 4.94. The Bertz CT molecular complexity index is 553. The molecular weight excluding hydrogens is 222 g/mol. The lowest BCUT2D eigenvalue weighted by Crippen LogP contribution is -2.05. The van der Waals surface area contributed by atoms with E-state index in [1.165, 1.54) is 16.7 Å². The average molecular weight is 243 g/mol. The number of rotatable bonds is 3. The fraction of sp³-hybridized carbons (Fsp3) is 0.400. The van der Waals surface area contributed by atoms with Crippen LogP contribution in [0, 0.1) is 20.8 Å². The van der Waals surface area contributed by atoms with Gasteiger partial charge in [0, 0.05) is 18.8 Å². The Labute approximate surface area is 109 Å². The van der Waals surface area contributed by atoms with E-state index in [1.54, 1.807) is 0 Å². The van der Waals surface area contributed by atoms with Gasteiger partial charge in [0.25, 0.3) is 0 Å². The molecule has 1 heterocycles. The van der Waals surface area contributed by atoms with E-state index in [1.807, 2.05) is 13.8 Å². The molecule has 0 saturated carbocycles. The van der Waals surface area contributed by atoms with Crippen molar-refractivity contribution in [2.24, 2.45) is 5.73 Å². The molecule has 0 radical (unpaired) electrons. The molecule has 1 aromatic carbocycles. The van der Waals surface area contributed by atoms with Gasteiger partial charge in [0.05, 0.1) is 5.69 Å². The molecule has 96 valence electrons. The van der Waals surface area contributed by atoms with E-state index >= 15 is 0 Å². The Hall–Kier alpha value is -1.61. The molecule has 3 nitrogen and oxygen atoms in total. The van der Waals surface area contributed by atoms with Gasteiger partial charge in [-0.15, -0.1) is 0 Å². The third-order valence-corrected chi connectivity index (χ3v) is 3.31. The van der Waals surface area contributed by atoms with Gasteiger partial charge in [-0.1, -0.05) is 23.8 Å². The molecule has 0 aliphatic carbocycles. The Morgan fingerprint density at radius 2 is 2.00 bits per heavy atom. The molecule has 0 saturated heterocycles. The van der Waals surface area contributed by atoms with E-state index in [4.69, 9.17) is 5.73 Å². The number of aromatic nitrogens is 2. The predicted octanol–water partition coefficient (Wildman–Crippen LogP) is 2.88. The summed E-state index contributed by atoms with van der Waals surface area (Å²) in [7, 11) is 0. The molecule has 0 amide bonds. The molecule has 1 aromatic heterocycles. The van der Waals surface area contributed by atoms with Crippen molar-refractivity contribution in [3.63, 3.8) is 0 Å². The van der Waals surface area contributed by atoms with Gasteiger partial charge in [0.2, 0.25) is 0 Å². The van der Waals surface area contributed by atoms with Crippen LogP contribution in [-0.4, -0.2) is 9.55 Å². The van der Waals surface area contributed by atoms with E-state index < -0.39 is 0 Å². The van der Waals surface area contributed by atoms with E-state index in [0.717, 1.165) is 18.1 Å². The van der Waals surface area contributed by atoms with Gasteiger partial charge in [-0.25, -0.2) is 4.98 Å². The molecular formula is C15H21N3. The van der Waals surface area contributed by atoms with Crippen LogP contribution in [0.3, 0.4) is 0 Å². The van der Waals surface area contributed by atoms with Crippen molar-refractivity contribution in [3.05, 3.63) is 52.6 Å². The SMILES string of the molecule is Cc1ccc(C)c(Cn2cc([C@H](C)N)nc2C)c1. The molecule has 0 bridgehead atoms. The molecule has 0 aliphatic rings. The highest BCUT2D eigenvalue weighted by molar-refractivity contribution is 5.31. The second-order valence-corrected chi connectivity index (χ2v) is 5.06. The molecule has 18 heavy (non-hydrogen) atoms. The molecule has 0 unspecified atom stereocenters. The smallest absolute Gasteiger partial charge is 0.106 e. The van der Waals surface area contributed by atoms with E-state index in [-0.39, 0.29) is 6.04 Å². The first-order valence-corrected chi connectivity index (χ1v) is 6.32. The normalized spacial score (nSPS) is 12.7. The number of nitrogens with zero attached hydrogens (tertiary/aromatic N) is 2. The summed E-state index contributed by atoms with van der Waals surface area (Å²) in [6.45, 7) is 9.12. The Balaban J connectivity index is 2.31. The number of imidazole rings is 1. The number of aryl methyl sites for hydroxylation is 3. The van der Waals surface area contributed by atoms with Crippen LogP contribution in [0.2, 0.25) is 0 Å². The van der Waals surface area contributed by atoms with Crippen molar-refractivity contribution in [1.82, 2.24) is 9.55 Å². The van der Waals surface area contributed by atoms with Crippen molar-refractivity contribution in [2.75, 3.05) is 0 Å². The highest BCUT2D eigenvalue weighted by atomic mass is 15.1. The van der Waals surface area contributed by atoms with Crippen molar-refractivity contribution in [1.29, 1.82) is 0 Å². The fourth-order valence-electron chi connectivity index (χ4n) is 2.07. The van der Waals surface area contributed by atoms with E-state index in [2.05, 4.69) is 47.8 Å². The van der Waals surface area contributed by atoms with Crippen LogP contribution >= 0.6 is 0 Å². The summed E-state index contributed by atoms with van der Waals surface area (Å²) in [6, 6.07) is 6.54. The standard InChI is InChI=1S/C15H21N3/c1-10-5-6-11(2)14(7-10)8-18-9-15(12(3)16)17-13(18)4/h5-7,9,12H,8,16H2,1-4H3/t12-/m0/s1. The first-order chi connectivity index (χ1) is 8.47. The molecule has 2 rings (SSSR count). The summed E-state index contributed by atoms with van der Waals surface area (Å²) in [5, 5.41) is 0. The molecule has 1 atom stereocenters. The van der Waals surface area contributed by atoms with E-state index in [0.29, 0.717) is 0 Å². The molecule has 3 heteroatoms. The predicted molar refractivity (Wildman–Crippen MR) is 74.6 cm³/mol. The van der Waals surface area contributed by atoms with Crippen LogP contribution in [-0.2, 0) is 6.54 Å². The van der Waals surface area contributed by atoms with Gasteiger partial charge >= 0.3 is 0 Å². The first kappa shape index (κ1) is 12.8. The zero-order valence-electron chi connectivity index (χ0n) is 11.6. The van der Waals surface area contributed by atoms with Crippen molar-refractivity contribution >= 4 is 0 Å². The van der Waals surface area contributed by atoms with Crippen LogP contribution in [0.4, 0.5) is 0 Å². The number of hydrogen-bond donors (Lipinski definition) is 1. The minimum absolute atomic E-state index is 0.0106. The number of nitrogens with two attached hydrogens (primary N) is 1. The van der Waals surface area contributed by atoms with Gasteiger partial charge < -0.3 is 10.3 Å². The Morgan fingerprint density at radius 3 is 2.61 bits per heavy atom. The maximum Gasteiger partial charge on any atom is 0.106 e. The van der Waals surface area contributed by atoms with Gasteiger partial charge in [-0.3, -0.25) is 0 Å². The monoisotopic (exact) mass is 243 g/mol. The van der Waals surface area contributed by atoms with Crippen LogP contribution in [0.1, 0.15) is 41.2 Å². The summed E-state index contributed by atoms with van der Waals surface area (Å²) >= 11 is 0. The Morgan fingerprint density at radius 1 is 1.28 bits per heavy atom. The van der Waals surface area contributed by atoms with Crippen LogP contribution in [0.15, 0.2) is 24.4 Å². The number of benzene rings is 1. The third-order valence-electron chi connectivity index (χ3n) is 3.31. The maximum atomic E-state index is 5.87. The van der Waals surface area contributed by atoms with Crippen LogP contribution in [0.25, 0.3) is 0 Å². The van der Waals surface area contributed by atoms with Crippen LogP contribution in [0.5, 0.6) is 0 Å². The van der Waals surface area contributed by atoms with E-state index in [9.17, 15) is 0 Å². The lowest BCUT2D eigenvalue weighted by Gasteiger charge is -2.09. The third kappa shape index (κ3) is 2.62. The average Bonchev–Trinajstić information content (AvgIpc) is 2.66. The minimum atomic E-state index is -0.0106. The van der Waals surface area contributed by atoms with Crippen molar-refractivity contribution in [3.8, 4) is 0 Å². The lowest BCUT2D eigenvalue weighted by molar-refractivity contribution is 0.755. The summed E-state index contributed by atoms with van der Waals surface area (Å²) in [5.74, 6) is 1.02. The topological polar surface area (TPSA) is 43.8 Å². The molecule has 0 aliphatic heterocycles. The molecule has 2 aromatic rings. The van der Waals surface area contributed by atoms with Gasteiger partial charge in [-0.05, 0) is 38.8 Å². The number of hydrogen-bond acceptors (Lipinski definition) is 2. The summed E-state index contributed by atoms with van der Waals surface area (Å²) in [4.78, 5) is 4.50. The largest absolute Gasteiger partial charge is 0.330 e. The van der Waals surface area contributed by atoms with Crippen LogP contribution < -0.4 is 5.73 Å². The fourth-order valence-corrected chi connectivity index (χ4v) is 2.07. The summed E-state index contributed by atoms with van der Waals surface area (Å²) in [5.41, 5.74) is 10.8. The first-order valence-electron chi connectivity index (χ1n) is 6.32.